The van der Waals surface area contributed by atoms with E-state index in [-0.39, 0.29) is 22.4 Å². The molecule has 0 radical (unpaired) electrons. The zero-order valence-corrected chi connectivity index (χ0v) is 8.67. The van der Waals surface area contributed by atoms with Gasteiger partial charge in [0.25, 0.3) is 0 Å². The lowest BCUT2D eigenvalue weighted by atomic mass is 10.1. The minimum Gasteiger partial charge on any atom is -0.368 e. The van der Waals surface area contributed by atoms with Crippen molar-refractivity contribution in [1.29, 1.82) is 0 Å². The molecule has 0 saturated carbocycles. The number of rotatable bonds is 1. The second-order valence-electron chi connectivity index (χ2n) is 3.06. The molecule has 2 N–H and O–H groups in total. The number of nitrogens with two attached hydrogens (primary N) is 1. The van der Waals surface area contributed by atoms with Crippen molar-refractivity contribution >= 4 is 17.5 Å². The molecule has 0 aliphatic heterocycles. The van der Waals surface area contributed by atoms with Crippen molar-refractivity contribution in [2.75, 3.05) is 5.73 Å². The van der Waals surface area contributed by atoms with Crippen LogP contribution in [0.5, 0.6) is 0 Å². The van der Waals surface area contributed by atoms with Gasteiger partial charge in [-0.15, -0.1) is 0 Å². The molecule has 2 rings (SSSR count). The average Bonchev–Trinajstić information content (AvgIpc) is 2.15. The molecule has 0 atom stereocenters. The largest absolute Gasteiger partial charge is 0.368 e. The Hall–Kier alpha value is -1.75. The molecule has 1 aromatic carbocycles. The molecule has 3 nitrogen and oxygen atoms in total. The maximum Gasteiger partial charge on any atom is 0.221 e. The van der Waals surface area contributed by atoms with Gasteiger partial charge in [0.15, 0.2) is 0 Å². The van der Waals surface area contributed by atoms with E-state index in [1.165, 1.54) is 12.1 Å². The molecule has 0 aliphatic rings. The molecule has 6 heteroatoms. The van der Waals surface area contributed by atoms with Crippen LogP contribution < -0.4 is 5.73 Å². The molecular formula is C10H6ClF2N3. The van der Waals surface area contributed by atoms with Gasteiger partial charge in [0.1, 0.15) is 16.8 Å². The third kappa shape index (κ3) is 2.09. The lowest BCUT2D eigenvalue weighted by Crippen LogP contribution is -1.97. The van der Waals surface area contributed by atoms with Gasteiger partial charge in [0.2, 0.25) is 5.95 Å². The first kappa shape index (κ1) is 10.8. The monoisotopic (exact) mass is 241 g/mol. The Kier molecular flexibility index (Phi) is 2.70. The Morgan fingerprint density at radius 1 is 1.12 bits per heavy atom. The molecule has 1 heterocycles. The van der Waals surface area contributed by atoms with Crippen LogP contribution in [0.2, 0.25) is 5.15 Å². The van der Waals surface area contributed by atoms with Gasteiger partial charge in [-0.05, 0) is 12.1 Å². The summed E-state index contributed by atoms with van der Waals surface area (Å²) >= 11 is 5.66. The number of hydrogen-bond acceptors (Lipinski definition) is 3. The normalized spacial score (nSPS) is 10.4. The summed E-state index contributed by atoms with van der Waals surface area (Å²) in [6.45, 7) is 0. The molecule has 2 aromatic rings. The highest BCUT2D eigenvalue weighted by Crippen LogP contribution is 2.23. The first-order valence-corrected chi connectivity index (χ1v) is 4.69. The third-order valence-electron chi connectivity index (χ3n) is 1.92. The second-order valence-corrected chi connectivity index (χ2v) is 3.45. The summed E-state index contributed by atoms with van der Waals surface area (Å²) in [5.41, 5.74) is 5.71. The number of halogens is 3. The van der Waals surface area contributed by atoms with Crippen LogP contribution in [0.1, 0.15) is 0 Å². The number of nitrogens with zero attached hydrogens (tertiary/aromatic N) is 2. The van der Waals surface area contributed by atoms with Crippen molar-refractivity contribution in [3.63, 3.8) is 0 Å². The summed E-state index contributed by atoms with van der Waals surface area (Å²) in [6.07, 6.45) is 0. The quantitative estimate of drug-likeness (QED) is 0.781. The fourth-order valence-corrected chi connectivity index (χ4v) is 1.46. The van der Waals surface area contributed by atoms with Crippen LogP contribution in [0.15, 0.2) is 24.3 Å². The van der Waals surface area contributed by atoms with E-state index < -0.39 is 11.6 Å². The van der Waals surface area contributed by atoms with E-state index in [1.807, 2.05) is 0 Å². The molecule has 82 valence electrons. The van der Waals surface area contributed by atoms with Crippen LogP contribution >= 0.6 is 11.6 Å². The van der Waals surface area contributed by atoms with Crippen LogP contribution in [0, 0.1) is 11.6 Å². The summed E-state index contributed by atoms with van der Waals surface area (Å²) in [4.78, 5) is 7.46. The van der Waals surface area contributed by atoms with Crippen LogP contribution in [0.25, 0.3) is 11.3 Å². The number of anilines is 1. The number of nitrogen functional groups attached to an aromatic ring is 1. The minimum absolute atomic E-state index is 0.0637. The lowest BCUT2D eigenvalue weighted by Gasteiger charge is -2.03. The summed E-state index contributed by atoms with van der Waals surface area (Å²) in [7, 11) is 0. The standard InChI is InChI=1S/C10H6ClF2N3/c11-9-4-8(15-10(14)16-9)6-2-1-5(12)3-7(6)13/h1-4H,(H2,14,15,16). The van der Waals surface area contributed by atoms with Crippen molar-refractivity contribution in [2.45, 2.75) is 0 Å². The van der Waals surface area contributed by atoms with Crippen molar-refractivity contribution in [1.82, 2.24) is 9.97 Å². The van der Waals surface area contributed by atoms with Gasteiger partial charge in [0, 0.05) is 17.7 Å². The van der Waals surface area contributed by atoms with Gasteiger partial charge >= 0.3 is 0 Å². The van der Waals surface area contributed by atoms with Crippen LogP contribution in [0.4, 0.5) is 14.7 Å². The van der Waals surface area contributed by atoms with Crippen molar-refractivity contribution in [3.8, 4) is 11.3 Å². The molecule has 0 unspecified atom stereocenters. The molecule has 0 amide bonds. The van der Waals surface area contributed by atoms with Crippen molar-refractivity contribution in [2.24, 2.45) is 0 Å². The number of aromatic nitrogens is 2. The number of benzene rings is 1. The number of hydrogen-bond donors (Lipinski definition) is 1. The van der Waals surface area contributed by atoms with Gasteiger partial charge in [-0.25, -0.2) is 18.7 Å². The van der Waals surface area contributed by atoms with Crippen LogP contribution in [-0.2, 0) is 0 Å². The van der Waals surface area contributed by atoms with E-state index in [2.05, 4.69) is 9.97 Å². The average molecular weight is 242 g/mol. The van der Waals surface area contributed by atoms with Gasteiger partial charge in [-0.3, -0.25) is 0 Å². The highest BCUT2D eigenvalue weighted by atomic mass is 35.5. The predicted octanol–water partition coefficient (Wildman–Crippen LogP) is 2.66. The highest BCUT2D eigenvalue weighted by Gasteiger charge is 2.09. The first-order chi connectivity index (χ1) is 7.56. The van der Waals surface area contributed by atoms with Gasteiger partial charge in [-0.1, -0.05) is 11.6 Å². The lowest BCUT2D eigenvalue weighted by molar-refractivity contribution is 0.585. The molecule has 0 aliphatic carbocycles. The Morgan fingerprint density at radius 3 is 2.50 bits per heavy atom. The molecule has 16 heavy (non-hydrogen) atoms. The Balaban J connectivity index is 2.58. The molecule has 0 saturated heterocycles. The topological polar surface area (TPSA) is 51.8 Å². The smallest absolute Gasteiger partial charge is 0.221 e. The maximum atomic E-state index is 13.4. The first-order valence-electron chi connectivity index (χ1n) is 4.32. The van der Waals surface area contributed by atoms with Gasteiger partial charge in [0.05, 0.1) is 5.69 Å². The minimum atomic E-state index is -0.728. The molecule has 0 bridgehead atoms. The zero-order valence-electron chi connectivity index (χ0n) is 7.92. The van der Waals surface area contributed by atoms with Crippen LogP contribution in [-0.4, -0.2) is 9.97 Å². The summed E-state index contributed by atoms with van der Waals surface area (Å²) in [6, 6.07) is 4.52. The SMILES string of the molecule is Nc1nc(Cl)cc(-c2ccc(F)cc2F)n1. The zero-order chi connectivity index (χ0) is 11.7. The van der Waals surface area contributed by atoms with Gasteiger partial charge < -0.3 is 5.73 Å². The van der Waals surface area contributed by atoms with Crippen LogP contribution in [0.3, 0.4) is 0 Å². The molecule has 1 aromatic heterocycles. The molecule has 0 spiro atoms. The van der Waals surface area contributed by atoms with E-state index >= 15 is 0 Å². The molecular weight excluding hydrogens is 236 g/mol. The Morgan fingerprint density at radius 2 is 1.88 bits per heavy atom. The van der Waals surface area contributed by atoms with E-state index in [0.29, 0.717) is 0 Å². The predicted molar refractivity (Wildman–Crippen MR) is 56.8 cm³/mol. The van der Waals surface area contributed by atoms with E-state index in [1.54, 1.807) is 0 Å². The highest BCUT2D eigenvalue weighted by molar-refractivity contribution is 6.29. The summed E-state index contributed by atoms with van der Waals surface area (Å²) < 4.78 is 26.1. The van der Waals surface area contributed by atoms with E-state index in [0.717, 1.165) is 12.1 Å². The Bertz CT molecular complexity index is 525. The fourth-order valence-electron chi connectivity index (χ4n) is 1.27. The Labute approximate surface area is 94.9 Å². The molecule has 0 fully saturated rings. The van der Waals surface area contributed by atoms with Gasteiger partial charge in [-0.2, -0.15) is 0 Å². The van der Waals surface area contributed by atoms with E-state index in [4.69, 9.17) is 17.3 Å². The fraction of sp³-hybridized carbons (Fsp3) is 0. The van der Waals surface area contributed by atoms with E-state index in [9.17, 15) is 8.78 Å². The van der Waals surface area contributed by atoms with Crippen molar-refractivity contribution < 1.29 is 8.78 Å². The maximum absolute atomic E-state index is 13.4. The second kappa shape index (κ2) is 4.02. The summed E-state index contributed by atoms with van der Waals surface area (Å²) in [5, 5.41) is 0.103. The summed E-state index contributed by atoms with van der Waals surface area (Å²) in [5.74, 6) is -1.45. The van der Waals surface area contributed by atoms with Crippen molar-refractivity contribution in [3.05, 3.63) is 41.1 Å². The third-order valence-corrected chi connectivity index (χ3v) is 2.11.